The Bertz CT molecular complexity index is 516. The molecule has 0 radical (unpaired) electrons. The fourth-order valence-corrected chi connectivity index (χ4v) is 3.29. The van der Waals surface area contributed by atoms with Gasteiger partial charge in [0, 0.05) is 12.6 Å². The third kappa shape index (κ3) is 3.20. The summed E-state index contributed by atoms with van der Waals surface area (Å²) in [7, 11) is -3.76. The van der Waals surface area contributed by atoms with Crippen LogP contribution < -0.4 is 10.0 Å². The minimum atomic E-state index is -3.76. The van der Waals surface area contributed by atoms with E-state index >= 15 is 0 Å². The molecule has 0 amide bonds. The topological polar surface area (TPSA) is 58.2 Å². The van der Waals surface area contributed by atoms with Gasteiger partial charge in [-0.25, -0.2) is 17.5 Å². The van der Waals surface area contributed by atoms with E-state index in [-0.39, 0.29) is 23.3 Å². The summed E-state index contributed by atoms with van der Waals surface area (Å²) in [6, 6.07) is 4.22. The number of rotatable bonds is 3. The van der Waals surface area contributed by atoms with Gasteiger partial charge >= 0.3 is 0 Å². The maximum Gasteiger partial charge on any atom is 0.243 e. The Kier molecular flexibility index (Phi) is 5.10. The van der Waals surface area contributed by atoms with Crippen LogP contribution in [0.25, 0.3) is 0 Å². The Labute approximate surface area is 112 Å². The van der Waals surface area contributed by atoms with Crippen LogP contribution in [0.15, 0.2) is 23.1 Å². The van der Waals surface area contributed by atoms with Crippen LogP contribution in [0.4, 0.5) is 4.39 Å². The number of halogens is 2. The predicted molar refractivity (Wildman–Crippen MR) is 70.0 cm³/mol. The molecule has 1 aromatic carbocycles. The fraction of sp³-hybridized carbons (Fsp3) is 0.455. The van der Waals surface area contributed by atoms with Crippen molar-refractivity contribution in [1.82, 2.24) is 10.0 Å². The van der Waals surface area contributed by atoms with Gasteiger partial charge in [0.15, 0.2) is 0 Å². The van der Waals surface area contributed by atoms with Crippen molar-refractivity contribution < 1.29 is 12.8 Å². The molecule has 0 spiro atoms. The summed E-state index contributed by atoms with van der Waals surface area (Å²) in [5, 5.41) is 3.05. The van der Waals surface area contributed by atoms with Crippen molar-refractivity contribution in [2.45, 2.75) is 24.3 Å². The second-order valence-corrected chi connectivity index (χ2v) is 5.88. The second kappa shape index (κ2) is 5.97. The van der Waals surface area contributed by atoms with Gasteiger partial charge in [-0.2, -0.15) is 0 Å². The minimum absolute atomic E-state index is 0. The Hall–Kier alpha value is -0.690. The van der Waals surface area contributed by atoms with E-state index in [9.17, 15) is 12.8 Å². The summed E-state index contributed by atoms with van der Waals surface area (Å²) in [4.78, 5) is -0.274. The van der Waals surface area contributed by atoms with Crippen molar-refractivity contribution in [3.8, 4) is 0 Å². The standard InChI is InChI=1S/C11H15FN2O2S.ClH/c1-8-3-2-4-10(11(8)12)17(15,16)14-9-5-6-13-7-9;/h2-4,9,13-14H,5-7H2,1H3;1H. The number of hydrogen-bond donors (Lipinski definition) is 2. The zero-order chi connectivity index (χ0) is 12.5. The van der Waals surface area contributed by atoms with E-state index in [1.54, 1.807) is 19.1 Å². The van der Waals surface area contributed by atoms with Crippen LogP contribution in [0.3, 0.4) is 0 Å². The van der Waals surface area contributed by atoms with Gasteiger partial charge in [-0.15, -0.1) is 12.4 Å². The van der Waals surface area contributed by atoms with Crippen molar-refractivity contribution >= 4 is 22.4 Å². The molecule has 1 aromatic rings. The summed E-state index contributed by atoms with van der Waals surface area (Å²) in [6.45, 7) is 2.92. The van der Waals surface area contributed by atoms with Crippen LogP contribution in [0.2, 0.25) is 0 Å². The summed E-state index contributed by atoms with van der Waals surface area (Å²) < 4.78 is 40.2. The molecule has 0 saturated carbocycles. The number of nitrogens with one attached hydrogen (secondary N) is 2. The molecule has 1 saturated heterocycles. The normalized spacial score (nSPS) is 19.6. The molecule has 1 atom stereocenters. The van der Waals surface area contributed by atoms with E-state index in [1.807, 2.05) is 0 Å². The zero-order valence-corrected chi connectivity index (χ0v) is 11.6. The Morgan fingerprint density at radius 2 is 2.17 bits per heavy atom. The van der Waals surface area contributed by atoms with E-state index in [4.69, 9.17) is 0 Å². The molecule has 4 nitrogen and oxygen atoms in total. The third-order valence-corrected chi connectivity index (χ3v) is 4.37. The summed E-state index contributed by atoms with van der Waals surface area (Å²) >= 11 is 0. The Balaban J connectivity index is 0.00000162. The first-order valence-electron chi connectivity index (χ1n) is 5.49. The van der Waals surface area contributed by atoms with E-state index in [2.05, 4.69) is 10.0 Å². The van der Waals surface area contributed by atoms with Gasteiger partial charge in [-0.05, 0) is 31.5 Å². The molecule has 1 heterocycles. The summed E-state index contributed by atoms with van der Waals surface area (Å²) in [5.41, 5.74) is 0.331. The van der Waals surface area contributed by atoms with E-state index in [0.717, 1.165) is 13.0 Å². The number of hydrogen-bond acceptors (Lipinski definition) is 3. The molecule has 1 unspecified atom stereocenters. The van der Waals surface area contributed by atoms with Gasteiger partial charge in [0.05, 0.1) is 0 Å². The highest BCUT2D eigenvalue weighted by Crippen LogP contribution is 2.18. The molecule has 0 aromatic heterocycles. The maximum atomic E-state index is 13.7. The first kappa shape index (κ1) is 15.4. The predicted octanol–water partition coefficient (Wildman–Crippen LogP) is 1.20. The van der Waals surface area contributed by atoms with E-state index in [0.29, 0.717) is 12.1 Å². The van der Waals surface area contributed by atoms with Crippen LogP contribution in [-0.4, -0.2) is 27.5 Å². The van der Waals surface area contributed by atoms with Gasteiger partial charge in [-0.1, -0.05) is 12.1 Å². The molecular formula is C11H16ClFN2O2S. The van der Waals surface area contributed by atoms with E-state index in [1.165, 1.54) is 6.07 Å². The number of sulfonamides is 1. The van der Waals surface area contributed by atoms with Crippen LogP contribution in [0, 0.1) is 12.7 Å². The quantitative estimate of drug-likeness (QED) is 0.881. The Morgan fingerprint density at radius 3 is 2.78 bits per heavy atom. The highest BCUT2D eigenvalue weighted by atomic mass is 35.5. The summed E-state index contributed by atoms with van der Waals surface area (Å²) in [6.07, 6.45) is 0.729. The molecule has 18 heavy (non-hydrogen) atoms. The van der Waals surface area contributed by atoms with Crippen LogP contribution in [-0.2, 0) is 10.0 Å². The molecular weight excluding hydrogens is 279 g/mol. The average Bonchev–Trinajstić information content (AvgIpc) is 2.73. The third-order valence-electron chi connectivity index (χ3n) is 2.83. The second-order valence-electron chi connectivity index (χ2n) is 4.20. The minimum Gasteiger partial charge on any atom is -0.315 e. The zero-order valence-electron chi connectivity index (χ0n) is 9.94. The van der Waals surface area contributed by atoms with Crippen molar-refractivity contribution in [2.24, 2.45) is 0 Å². The van der Waals surface area contributed by atoms with Crippen molar-refractivity contribution in [3.05, 3.63) is 29.6 Å². The summed E-state index contributed by atoms with van der Waals surface area (Å²) in [5.74, 6) is -0.675. The molecule has 7 heteroatoms. The largest absolute Gasteiger partial charge is 0.315 e. The van der Waals surface area contributed by atoms with Crippen molar-refractivity contribution in [3.63, 3.8) is 0 Å². The Morgan fingerprint density at radius 1 is 1.44 bits per heavy atom. The lowest BCUT2D eigenvalue weighted by molar-refractivity contribution is 0.540. The van der Waals surface area contributed by atoms with E-state index < -0.39 is 15.8 Å². The smallest absolute Gasteiger partial charge is 0.243 e. The average molecular weight is 295 g/mol. The highest BCUT2D eigenvalue weighted by molar-refractivity contribution is 7.89. The lowest BCUT2D eigenvalue weighted by Crippen LogP contribution is -2.36. The van der Waals surface area contributed by atoms with Crippen molar-refractivity contribution in [1.29, 1.82) is 0 Å². The molecule has 1 aliphatic rings. The van der Waals surface area contributed by atoms with Crippen LogP contribution in [0.1, 0.15) is 12.0 Å². The highest BCUT2D eigenvalue weighted by Gasteiger charge is 2.25. The van der Waals surface area contributed by atoms with Crippen LogP contribution >= 0.6 is 12.4 Å². The molecule has 1 aliphatic heterocycles. The molecule has 2 rings (SSSR count). The maximum absolute atomic E-state index is 13.7. The van der Waals surface area contributed by atoms with Gasteiger partial charge in [-0.3, -0.25) is 0 Å². The lowest BCUT2D eigenvalue weighted by Gasteiger charge is -2.13. The molecule has 0 bridgehead atoms. The van der Waals surface area contributed by atoms with Gasteiger partial charge in [0.2, 0.25) is 10.0 Å². The SMILES string of the molecule is Cc1cccc(S(=O)(=O)NC2CCNC2)c1F.Cl. The monoisotopic (exact) mass is 294 g/mol. The number of aryl methyl sites for hydroxylation is 1. The van der Waals surface area contributed by atoms with Crippen LogP contribution in [0.5, 0.6) is 0 Å². The van der Waals surface area contributed by atoms with Crippen molar-refractivity contribution in [2.75, 3.05) is 13.1 Å². The molecule has 1 fully saturated rings. The van der Waals surface area contributed by atoms with Gasteiger partial charge in [0.25, 0.3) is 0 Å². The fourth-order valence-electron chi connectivity index (χ4n) is 1.87. The molecule has 102 valence electrons. The lowest BCUT2D eigenvalue weighted by atomic mass is 10.2. The van der Waals surface area contributed by atoms with Gasteiger partial charge < -0.3 is 5.32 Å². The first-order valence-corrected chi connectivity index (χ1v) is 6.97. The molecule has 2 N–H and O–H groups in total. The first-order chi connectivity index (χ1) is 8.00. The number of benzene rings is 1. The van der Waals surface area contributed by atoms with Gasteiger partial charge in [0.1, 0.15) is 10.7 Å². The molecule has 0 aliphatic carbocycles.